The lowest BCUT2D eigenvalue weighted by Crippen LogP contribution is -2.44. The molecule has 2 unspecified atom stereocenters. The van der Waals surface area contributed by atoms with E-state index >= 15 is 0 Å². The smallest absolute Gasteiger partial charge is 0.307 e. The first-order valence-electron chi connectivity index (χ1n) is 4.44. The van der Waals surface area contributed by atoms with Gasteiger partial charge in [-0.3, -0.25) is 0 Å². The van der Waals surface area contributed by atoms with Crippen LogP contribution in [0.2, 0.25) is 0 Å². The first-order chi connectivity index (χ1) is 6.43. The maximum Gasteiger partial charge on any atom is 0.319 e. The first-order valence-corrected chi connectivity index (χ1v) is 5.49. The highest BCUT2D eigenvalue weighted by Crippen LogP contribution is 2.28. The highest BCUT2D eigenvalue weighted by atomic mass is 32.2. The molecular formula is C8H13F4NS. The van der Waals surface area contributed by atoms with Crippen molar-refractivity contribution >= 4 is 11.8 Å². The quantitative estimate of drug-likeness (QED) is 0.745. The molecule has 0 amide bonds. The minimum absolute atomic E-state index is 0.0652. The fraction of sp³-hybridized carbons (Fsp3) is 1.00. The minimum atomic E-state index is -3.91. The largest absolute Gasteiger partial charge is 0.319 e. The average molecular weight is 231 g/mol. The van der Waals surface area contributed by atoms with Crippen LogP contribution in [0, 0.1) is 0 Å². The van der Waals surface area contributed by atoms with E-state index in [4.69, 9.17) is 0 Å². The summed E-state index contributed by atoms with van der Waals surface area (Å²) in [6.07, 6.45) is -2.81. The van der Waals surface area contributed by atoms with Crippen molar-refractivity contribution in [1.29, 1.82) is 0 Å². The lowest BCUT2D eigenvalue weighted by atomic mass is 10.1. The molecule has 14 heavy (non-hydrogen) atoms. The summed E-state index contributed by atoms with van der Waals surface area (Å²) < 4.78 is 48.6. The van der Waals surface area contributed by atoms with Crippen LogP contribution in [0.4, 0.5) is 17.6 Å². The Kier molecular flexibility index (Phi) is 4.06. The molecule has 0 bridgehead atoms. The van der Waals surface area contributed by atoms with E-state index in [0.29, 0.717) is 0 Å². The predicted octanol–water partition coefficient (Wildman–Crippen LogP) is 2.37. The molecule has 1 saturated heterocycles. The Morgan fingerprint density at radius 1 is 1.50 bits per heavy atom. The molecule has 0 aromatic heterocycles. The van der Waals surface area contributed by atoms with Crippen LogP contribution in [0.1, 0.15) is 13.3 Å². The van der Waals surface area contributed by atoms with Crippen molar-refractivity contribution in [2.75, 3.05) is 12.3 Å². The van der Waals surface area contributed by atoms with Gasteiger partial charge in [-0.15, -0.1) is 0 Å². The van der Waals surface area contributed by atoms with Crippen molar-refractivity contribution in [3.05, 3.63) is 0 Å². The van der Waals surface area contributed by atoms with Crippen LogP contribution in [-0.2, 0) is 0 Å². The molecular weight excluding hydrogens is 218 g/mol. The standard InChI is InChI=1S/C8H13F4NS/c1-5-6(2-3-14-5)13-4-8(11,12)7(9)10/h5-7,13H,2-4H2,1H3. The van der Waals surface area contributed by atoms with Gasteiger partial charge in [0.25, 0.3) is 0 Å². The normalized spacial score (nSPS) is 28.7. The lowest BCUT2D eigenvalue weighted by molar-refractivity contribution is -0.126. The van der Waals surface area contributed by atoms with Crippen LogP contribution in [0.5, 0.6) is 0 Å². The SMILES string of the molecule is CC1SCCC1NCC(F)(F)C(F)F. The average Bonchev–Trinajstić information content (AvgIpc) is 2.47. The molecule has 0 aromatic carbocycles. The van der Waals surface area contributed by atoms with Crippen molar-refractivity contribution in [2.24, 2.45) is 0 Å². The van der Waals surface area contributed by atoms with Gasteiger partial charge in [-0.2, -0.15) is 20.5 Å². The fourth-order valence-corrected chi connectivity index (χ4v) is 2.57. The van der Waals surface area contributed by atoms with Crippen LogP contribution in [0.15, 0.2) is 0 Å². The zero-order chi connectivity index (χ0) is 10.8. The van der Waals surface area contributed by atoms with E-state index in [1.807, 2.05) is 6.92 Å². The summed E-state index contributed by atoms with van der Waals surface area (Å²) in [5.74, 6) is -3.01. The first kappa shape index (κ1) is 12.1. The molecule has 1 N–H and O–H groups in total. The summed E-state index contributed by atoms with van der Waals surface area (Å²) in [5, 5.41) is 2.73. The van der Waals surface area contributed by atoms with Gasteiger partial charge >= 0.3 is 12.3 Å². The second-order valence-corrected chi connectivity index (χ2v) is 4.90. The molecule has 1 aliphatic heterocycles. The van der Waals surface area contributed by atoms with Crippen molar-refractivity contribution in [1.82, 2.24) is 5.32 Å². The number of halogens is 4. The maximum absolute atomic E-state index is 12.5. The van der Waals surface area contributed by atoms with Gasteiger partial charge in [-0.1, -0.05) is 6.92 Å². The van der Waals surface area contributed by atoms with Crippen LogP contribution in [0.25, 0.3) is 0 Å². The Hall–Kier alpha value is 0.0300. The Morgan fingerprint density at radius 2 is 2.14 bits per heavy atom. The van der Waals surface area contributed by atoms with Crippen LogP contribution < -0.4 is 5.32 Å². The van der Waals surface area contributed by atoms with Gasteiger partial charge in [-0.25, -0.2) is 8.78 Å². The highest BCUT2D eigenvalue weighted by molar-refractivity contribution is 8.00. The summed E-state index contributed by atoms with van der Waals surface area (Å²) in [6.45, 7) is 0.982. The molecule has 2 atom stereocenters. The minimum Gasteiger partial charge on any atom is -0.307 e. The lowest BCUT2D eigenvalue weighted by Gasteiger charge is -2.21. The molecule has 0 radical (unpaired) electrons. The van der Waals surface area contributed by atoms with Gasteiger partial charge in [0.05, 0.1) is 6.54 Å². The highest BCUT2D eigenvalue weighted by Gasteiger charge is 2.41. The molecule has 1 nitrogen and oxygen atoms in total. The van der Waals surface area contributed by atoms with Crippen molar-refractivity contribution < 1.29 is 17.6 Å². The number of hydrogen-bond donors (Lipinski definition) is 1. The Morgan fingerprint density at radius 3 is 2.57 bits per heavy atom. The van der Waals surface area contributed by atoms with E-state index in [9.17, 15) is 17.6 Å². The van der Waals surface area contributed by atoms with E-state index in [-0.39, 0.29) is 11.3 Å². The number of hydrogen-bond acceptors (Lipinski definition) is 2. The summed E-state index contributed by atoms with van der Waals surface area (Å²) in [7, 11) is 0. The van der Waals surface area contributed by atoms with Gasteiger partial charge < -0.3 is 5.32 Å². The zero-order valence-corrected chi connectivity index (χ0v) is 8.59. The van der Waals surface area contributed by atoms with Crippen molar-refractivity contribution in [3.63, 3.8) is 0 Å². The predicted molar refractivity (Wildman–Crippen MR) is 49.3 cm³/mol. The molecule has 1 aliphatic rings. The van der Waals surface area contributed by atoms with Crippen LogP contribution in [0.3, 0.4) is 0 Å². The second kappa shape index (κ2) is 4.70. The molecule has 84 valence electrons. The van der Waals surface area contributed by atoms with Crippen LogP contribution in [-0.4, -0.2) is 35.9 Å². The van der Waals surface area contributed by atoms with Gasteiger partial charge in [0.1, 0.15) is 0 Å². The fourth-order valence-electron chi connectivity index (χ4n) is 1.34. The van der Waals surface area contributed by atoms with E-state index in [2.05, 4.69) is 5.32 Å². The molecule has 1 heterocycles. The monoisotopic (exact) mass is 231 g/mol. The molecule has 0 spiro atoms. The summed E-state index contributed by atoms with van der Waals surface area (Å²) in [5.41, 5.74) is 0. The number of alkyl halides is 4. The Bertz CT molecular complexity index is 188. The van der Waals surface area contributed by atoms with Crippen molar-refractivity contribution in [2.45, 2.75) is 37.0 Å². The van der Waals surface area contributed by atoms with E-state index in [0.717, 1.165) is 12.2 Å². The molecule has 0 aliphatic carbocycles. The van der Waals surface area contributed by atoms with Gasteiger partial charge in [0.15, 0.2) is 0 Å². The molecule has 0 saturated carbocycles. The molecule has 0 aromatic rings. The van der Waals surface area contributed by atoms with Gasteiger partial charge in [0.2, 0.25) is 0 Å². The summed E-state index contributed by atoms with van der Waals surface area (Å²) in [4.78, 5) is 0. The van der Waals surface area contributed by atoms with Gasteiger partial charge in [-0.05, 0) is 12.2 Å². The maximum atomic E-state index is 12.5. The zero-order valence-electron chi connectivity index (χ0n) is 7.77. The molecule has 6 heteroatoms. The topological polar surface area (TPSA) is 12.0 Å². The third kappa shape index (κ3) is 3.02. The van der Waals surface area contributed by atoms with E-state index in [1.165, 1.54) is 0 Å². The van der Waals surface area contributed by atoms with Crippen molar-refractivity contribution in [3.8, 4) is 0 Å². The van der Waals surface area contributed by atoms with E-state index < -0.39 is 18.9 Å². The summed E-state index contributed by atoms with van der Waals surface area (Å²) >= 11 is 1.67. The third-order valence-corrected chi connectivity index (χ3v) is 3.62. The van der Waals surface area contributed by atoms with Crippen LogP contribution >= 0.6 is 11.8 Å². The molecule has 1 fully saturated rings. The van der Waals surface area contributed by atoms with E-state index in [1.54, 1.807) is 11.8 Å². The number of thioether (sulfide) groups is 1. The second-order valence-electron chi connectivity index (χ2n) is 3.41. The number of rotatable bonds is 4. The number of nitrogens with one attached hydrogen (secondary N) is 1. The van der Waals surface area contributed by atoms with Gasteiger partial charge in [0, 0.05) is 11.3 Å². The Balaban J connectivity index is 2.32. The summed E-state index contributed by atoms with van der Waals surface area (Å²) in [6, 6.07) is -0.0652. The third-order valence-electron chi connectivity index (χ3n) is 2.30. The molecule has 1 rings (SSSR count). The Labute approximate surface area is 84.6 Å².